The summed E-state index contributed by atoms with van der Waals surface area (Å²) >= 11 is 3.35. The number of nitrogens with one attached hydrogen (secondary N) is 1. The fourth-order valence-corrected chi connectivity index (χ4v) is 2.36. The van der Waals surface area contributed by atoms with E-state index in [1.165, 1.54) is 6.07 Å². The summed E-state index contributed by atoms with van der Waals surface area (Å²) in [6, 6.07) is 6.59. The van der Waals surface area contributed by atoms with E-state index in [4.69, 9.17) is 4.74 Å². The first-order chi connectivity index (χ1) is 10.1. The molecule has 0 amide bonds. The van der Waals surface area contributed by atoms with Crippen molar-refractivity contribution in [3.8, 4) is 0 Å². The zero-order valence-corrected chi connectivity index (χ0v) is 12.4. The lowest BCUT2D eigenvalue weighted by molar-refractivity contribution is 0.103. The number of ether oxygens (including phenoxy) is 1. The predicted octanol–water partition coefficient (Wildman–Crippen LogP) is 4.12. The minimum absolute atomic E-state index is 0.114. The maximum absolute atomic E-state index is 13.5. The van der Waals surface area contributed by atoms with Gasteiger partial charge in [-0.05, 0) is 34.1 Å². The molecule has 0 fully saturated rings. The number of rotatable bonds is 4. The Kier molecular flexibility index (Phi) is 3.98. The van der Waals surface area contributed by atoms with Crippen molar-refractivity contribution in [1.82, 2.24) is 9.97 Å². The van der Waals surface area contributed by atoms with E-state index in [0.717, 1.165) is 27.1 Å². The van der Waals surface area contributed by atoms with Gasteiger partial charge in [-0.3, -0.25) is 0 Å². The Balaban J connectivity index is 1.74. The zero-order chi connectivity index (χ0) is 14.8. The second kappa shape index (κ2) is 5.91. The van der Waals surface area contributed by atoms with Gasteiger partial charge in [0.2, 0.25) is 0 Å². The van der Waals surface area contributed by atoms with Crippen LogP contribution in [0, 0.1) is 17.7 Å². The van der Waals surface area contributed by atoms with Crippen molar-refractivity contribution in [1.29, 1.82) is 0 Å². The molecule has 2 aromatic heterocycles. The van der Waals surface area contributed by atoms with E-state index in [2.05, 4.69) is 32.0 Å². The number of H-pyrrole nitrogens is 1. The zero-order valence-electron chi connectivity index (χ0n) is 10.8. The molecule has 1 radical (unpaired) electrons. The lowest BCUT2D eigenvalue weighted by atomic mass is 10.2. The highest BCUT2D eigenvalue weighted by Crippen LogP contribution is 2.22. The third-order valence-corrected chi connectivity index (χ3v) is 3.51. The number of aromatic nitrogens is 2. The summed E-state index contributed by atoms with van der Waals surface area (Å²) in [6.45, 7) is 0.0784. The van der Waals surface area contributed by atoms with Gasteiger partial charge < -0.3 is 9.72 Å². The summed E-state index contributed by atoms with van der Waals surface area (Å²) in [5.41, 5.74) is 1.50. The van der Waals surface area contributed by atoms with Gasteiger partial charge in [0.1, 0.15) is 17.3 Å². The van der Waals surface area contributed by atoms with E-state index >= 15 is 0 Å². The predicted molar refractivity (Wildman–Crippen MR) is 77.5 cm³/mol. The van der Waals surface area contributed by atoms with Crippen LogP contribution in [0.25, 0.3) is 11.0 Å². The van der Waals surface area contributed by atoms with E-state index in [-0.39, 0.29) is 18.8 Å². The van der Waals surface area contributed by atoms with Crippen LogP contribution in [0.5, 0.6) is 0 Å². The average molecular weight is 352 g/mol. The van der Waals surface area contributed by atoms with Gasteiger partial charge in [-0.2, -0.15) is 0 Å². The van der Waals surface area contributed by atoms with Crippen molar-refractivity contribution in [2.45, 2.75) is 13.2 Å². The maximum atomic E-state index is 13.5. The summed E-state index contributed by atoms with van der Waals surface area (Å²) in [6.07, 6.45) is 3.46. The molecule has 107 valence electrons. The van der Waals surface area contributed by atoms with Crippen molar-refractivity contribution < 1.29 is 13.5 Å². The van der Waals surface area contributed by atoms with E-state index in [9.17, 15) is 8.78 Å². The quantitative estimate of drug-likeness (QED) is 0.767. The monoisotopic (exact) mass is 351 g/mol. The average Bonchev–Trinajstić information content (AvgIpc) is 2.84. The van der Waals surface area contributed by atoms with Crippen molar-refractivity contribution >= 4 is 27.0 Å². The van der Waals surface area contributed by atoms with Crippen LogP contribution in [0.3, 0.4) is 0 Å². The standard InChI is InChI=1S/C15H10BrF2N2O/c16-10-4-11-9(5-19-15(11)20-6-10)7-21-8-12-13(17)2-1-3-14(12)18/h1-2,4-6H,7-8H2,(H,19,20). The summed E-state index contributed by atoms with van der Waals surface area (Å²) in [5, 5.41) is 0.907. The summed E-state index contributed by atoms with van der Waals surface area (Å²) < 4.78 is 33.1. The molecule has 0 saturated heterocycles. The van der Waals surface area contributed by atoms with Crippen LogP contribution in [-0.2, 0) is 18.0 Å². The van der Waals surface area contributed by atoms with Crippen LogP contribution < -0.4 is 0 Å². The highest BCUT2D eigenvalue weighted by atomic mass is 79.9. The molecular weight excluding hydrogens is 342 g/mol. The highest BCUT2D eigenvalue weighted by molar-refractivity contribution is 9.10. The molecule has 0 unspecified atom stereocenters. The third-order valence-electron chi connectivity index (χ3n) is 3.08. The van der Waals surface area contributed by atoms with Gasteiger partial charge in [0.25, 0.3) is 0 Å². The lowest BCUT2D eigenvalue weighted by Gasteiger charge is -2.06. The molecule has 0 atom stereocenters. The first kappa shape index (κ1) is 14.2. The van der Waals surface area contributed by atoms with Gasteiger partial charge in [-0.25, -0.2) is 13.8 Å². The first-order valence-corrected chi connectivity index (χ1v) is 6.98. The molecule has 0 spiro atoms. The first-order valence-electron chi connectivity index (χ1n) is 6.19. The number of benzene rings is 1. The normalized spacial score (nSPS) is 11.2. The van der Waals surface area contributed by atoms with Crippen LogP contribution in [0.1, 0.15) is 11.1 Å². The Bertz CT molecular complexity index is 768. The second-order valence-corrected chi connectivity index (χ2v) is 5.39. The van der Waals surface area contributed by atoms with Crippen LogP contribution >= 0.6 is 15.9 Å². The molecule has 3 aromatic rings. The molecule has 21 heavy (non-hydrogen) atoms. The van der Waals surface area contributed by atoms with E-state index in [0.29, 0.717) is 0 Å². The van der Waals surface area contributed by atoms with E-state index < -0.39 is 11.6 Å². The van der Waals surface area contributed by atoms with Crippen LogP contribution in [0.15, 0.2) is 35.1 Å². The van der Waals surface area contributed by atoms with E-state index in [1.54, 1.807) is 12.4 Å². The summed E-state index contributed by atoms with van der Waals surface area (Å²) in [5.74, 6) is -1.35. The van der Waals surface area contributed by atoms with Crippen molar-refractivity contribution in [3.63, 3.8) is 0 Å². The molecule has 1 aromatic carbocycles. The van der Waals surface area contributed by atoms with Gasteiger partial charge in [-0.15, -0.1) is 0 Å². The van der Waals surface area contributed by atoms with Gasteiger partial charge >= 0.3 is 0 Å². The fourth-order valence-electron chi connectivity index (χ4n) is 2.03. The molecule has 0 aliphatic carbocycles. The van der Waals surface area contributed by atoms with E-state index in [1.807, 2.05) is 6.07 Å². The Morgan fingerprint density at radius 3 is 3.00 bits per heavy atom. The summed E-state index contributed by atoms with van der Waals surface area (Å²) in [7, 11) is 0. The number of nitrogens with zero attached hydrogens (tertiary/aromatic N) is 1. The minimum Gasteiger partial charge on any atom is -0.372 e. The largest absolute Gasteiger partial charge is 0.372 e. The lowest BCUT2D eigenvalue weighted by Crippen LogP contribution is -2.00. The number of aromatic amines is 1. The van der Waals surface area contributed by atoms with Crippen LogP contribution in [0.2, 0.25) is 0 Å². The molecule has 2 heterocycles. The molecule has 3 nitrogen and oxygen atoms in total. The Morgan fingerprint density at radius 2 is 2.19 bits per heavy atom. The Morgan fingerprint density at radius 1 is 1.33 bits per heavy atom. The SMILES string of the molecule is Fc1[c]ccc(F)c1COCc1c[nH]c2ncc(Br)cc12. The number of hydrogen-bond acceptors (Lipinski definition) is 2. The molecule has 0 aliphatic heterocycles. The van der Waals surface area contributed by atoms with Crippen molar-refractivity contribution in [2.24, 2.45) is 0 Å². The smallest absolute Gasteiger partial charge is 0.139 e. The third kappa shape index (κ3) is 2.96. The molecule has 6 heteroatoms. The topological polar surface area (TPSA) is 37.9 Å². The minimum atomic E-state index is -0.724. The van der Waals surface area contributed by atoms with Crippen LogP contribution in [-0.4, -0.2) is 9.97 Å². The van der Waals surface area contributed by atoms with Gasteiger partial charge in [0.05, 0.1) is 13.2 Å². The van der Waals surface area contributed by atoms with Crippen LogP contribution in [0.4, 0.5) is 8.78 Å². The van der Waals surface area contributed by atoms with Gasteiger partial charge in [0.15, 0.2) is 0 Å². The highest BCUT2D eigenvalue weighted by Gasteiger charge is 2.10. The fraction of sp³-hybridized carbons (Fsp3) is 0.133. The van der Waals surface area contributed by atoms with Gasteiger partial charge in [-0.1, -0.05) is 0 Å². The molecular formula is C15H10BrF2N2O. The molecule has 0 bridgehead atoms. The molecule has 1 N–H and O–H groups in total. The molecule has 0 aliphatic rings. The molecule has 0 saturated carbocycles. The number of pyridine rings is 1. The Hall–Kier alpha value is -1.79. The number of hydrogen-bond donors (Lipinski definition) is 1. The second-order valence-electron chi connectivity index (χ2n) is 4.47. The van der Waals surface area contributed by atoms with Crippen molar-refractivity contribution in [2.75, 3.05) is 0 Å². The number of halogens is 3. The Labute approximate surface area is 128 Å². The van der Waals surface area contributed by atoms with Gasteiger partial charge in [0, 0.05) is 39.4 Å². The molecule has 3 rings (SSSR count). The maximum Gasteiger partial charge on any atom is 0.139 e. The number of fused-ring (bicyclic) bond motifs is 1. The summed E-state index contributed by atoms with van der Waals surface area (Å²) in [4.78, 5) is 7.23. The van der Waals surface area contributed by atoms with Crippen molar-refractivity contribution in [3.05, 3.63) is 63.9 Å².